The van der Waals surface area contributed by atoms with E-state index in [1.165, 1.54) is 6.07 Å². The lowest BCUT2D eigenvalue weighted by atomic mass is 10.1. The molecular formula is C12H12BrF3N2O. The lowest BCUT2D eigenvalue weighted by Crippen LogP contribution is -2.24. The molecule has 1 fully saturated rings. The van der Waals surface area contributed by atoms with Gasteiger partial charge >= 0.3 is 6.18 Å². The molecule has 1 unspecified atom stereocenters. The fourth-order valence-electron chi connectivity index (χ4n) is 1.95. The Morgan fingerprint density at radius 1 is 1.37 bits per heavy atom. The summed E-state index contributed by atoms with van der Waals surface area (Å²) in [5, 5.41) is 5.56. The Labute approximate surface area is 116 Å². The largest absolute Gasteiger partial charge is 0.416 e. The number of rotatable bonds is 2. The first-order valence-corrected chi connectivity index (χ1v) is 6.55. The van der Waals surface area contributed by atoms with Gasteiger partial charge in [-0.3, -0.25) is 4.79 Å². The van der Waals surface area contributed by atoms with Crippen LogP contribution in [0.15, 0.2) is 22.7 Å². The maximum atomic E-state index is 12.6. The lowest BCUT2D eigenvalue weighted by Gasteiger charge is -2.13. The van der Waals surface area contributed by atoms with Crippen LogP contribution >= 0.6 is 15.9 Å². The molecule has 2 rings (SSSR count). The summed E-state index contributed by atoms with van der Waals surface area (Å²) in [6.45, 7) is 1.32. The maximum Gasteiger partial charge on any atom is 0.416 e. The predicted molar refractivity (Wildman–Crippen MR) is 68.8 cm³/mol. The molecule has 2 N–H and O–H groups in total. The number of halogens is 4. The summed E-state index contributed by atoms with van der Waals surface area (Å²) in [5.41, 5.74) is -0.639. The third-order valence-corrected chi connectivity index (χ3v) is 3.38. The minimum Gasteiger partial charge on any atom is -0.326 e. The second kappa shape index (κ2) is 5.50. The molecule has 0 radical (unpaired) electrons. The van der Waals surface area contributed by atoms with E-state index in [0.29, 0.717) is 13.0 Å². The van der Waals surface area contributed by atoms with Gasteiger partial charge in [0.15, 0.2) is 0 Å². The minimum atomic E-state index is -4.43. The van der Waals surface area contributed by atoms with Gasteiger partial charge in [0.2, 0.25) is 5.91 Å². The molecule has 1 amide bonds. The Hall–Kier alpha value is -1.08. The molecule has 19 heavy (non-hydrogen) atoms. The molecule has 1 atom stereocenters. The molecule has 1 aromatic rings. The topological polar surface area (TPSA) is 41.1 Å². The summed E-state index contributed by atoms with van der Waals surface area (Å²) >= 11 is 3.02. The molecule has 1 saturated heterocycles. The van der Waals surface area contributed by atoms with Crippen LogP contribution in [0, 0.1) is 5.92 Å². The Morgan fingerprint density at radius 2 is 2.11 bits per heavy atom. The van der Waals surface area contributed by atoms with E-state index in [1.807, 2.05) is 0 Å². The zero-order valence-corrected chi connectivity index (χ0v) is 11.4. The number of alkyl halides is 3. The van der Waals surface area contributed by atoms with Crippen molar-refractivity contribution in [3.8, 4) is 0 Å². The summed E-state index contributed by atoms with van der Waals surface area (Å²) in [7, 11) is 0. The molecule has 1 aromatic carbocycles. The van der Waals surface area contributed by atoms with Gasteiger partial charge in [0.1, 0.15) is 0 Å². The summed E-state index contributed by atoms with van der Waals surface area (Å²) < 4.78 is 38.2. The van der Waals surface area contributed by atoms with Crippen molar-refractivity contribution in [3.05, 3.63) is 28.2 Å². The number of carbonyl (C=O) groups is 1. The first-order chi connectivity index (χ1) is 8.86. The van der Waals surface area contributed by atoms with Crippen molar-refractivity contribution in [1.82, 2.24) is 5.32 Å². The van der Waals surface area contributed by atoms with Crippen LogP contribution in [0.1, 0.15) is 12.0 Å². The van der Waals surface area contributed by atoms with Gasteiger partial charge in [0, 0.05) is 16.7 Å². The van der Waals surface area contributed by atoms with E-state index in [-0.39, 0.29) is 22.0 Å². The van der Waals surface area contributed by atoms with Crippen molar-refractivity contribution in [3.63, 3.8) is 0 Å². The van der Waals surface area contributed by atoms with Crippen molar-refractivity contribution in [2.24, 2.45) is 5.92 Å². The molecule has 104 valence electrons. The number of anilines is 1. The Balaban J connectivity index is 2.16. The van der Waals surface area contributed by atoms with E-state index < -0.39 is 11.7 Å². The zero-order chi connectivity index (χ0) is 14.0. The molecule has 0 saturated carbocycles. The highest BCUT2D eigenvalue weighted by Gasteiger charge is 2.31. The van der Waals surface area contributed by atoms with E-state index in [9.17, 15) is 18.0 Å². The summed E-state index contributed by atoms with van der Waals surface area (Å²) in [5.74, 6) is -0.440. The highest BCUT2D eigenvalue weighted by Crippen LogP contribution is 2.33. The molecule has 7 heteroatoms. The van der Waals surface area contributed by atoms with Gasteiger partial charge in [-0.25, -0.2) is 0 Å². The normalized spacial score (nSPS) is 19.5. The molecule has 0 aliphatic carbocycles. The quantitative estimate of drug-likeness (QED) is 0.871. The van der Waals surface area contributed by atoms with Crippen molar-refractivity contribution >= 4 is 27.5 Å². The van der Waals surface area contributed by atoms with E-state index in [1.54, 1.807) is 0 Å². The fourth-order valence-corrected chi connectivity index (χ4v) is 2.44. The van der Waals surface area contributed by atoms with Crippen molar-refractivity contribution in [1.29, 1.82) is 0 Å². The van der Waals surface area contributed by atoms with Crippen LogP contribution in [0.4, 0.5) is 18.9 Å². The van der Waals surface area contributed by atoms with Gasteiger partial charge in [0.25, 0.3) is 0 Å². The smallest absolute Gasteiger partial charge is 0.326 e. The van der Waals surface area contributed by atoms with Crippen molar-refractivity contribution < 1.29 is 18.0 Å². The van der Waals surface area contributed by atoms with E-state index in [4.69, 9.17) is 0 Å². The minimum absolute atomic E-state index is 0.151. The lowest BCUT2D eigenvalue weighted by molar-refractivity contribution is -0.137. The van der Waals surface area contributed by atoms with Crippen LogP contribution in [0.3, 0.4) is 0 Å². The third kappa shape index (κ3) is 3.70. The molecule has 0 aromatic heterocycles. The van der Waals surface area contributed by atoms with Crippen LogP contribution in [-0.4, -0.2) is 19.0 Å². The average molecular weight is 337 g/mol. The number of nitrogens with one attached hydrogen (secondary N) is 2. The number of benzene rings is 1. The SMILES string of the molecule is O=C(Nc1cc(Br)cc(C(F)(F)F)c1)C1CCNC1. The van der Waals surface area contributed by atoms with Gasteiger partial charge in [-0.15, -0.1) is 0 Å². The Bertz CT molecular complexity index is 484. The molecule has 3 nitrogen and oxygen atoms in total. The second-order valence-corrected chi connectivity index (χ2v) is 5.32. The van der Waals surface area contributed by atoms with E-state index in [0.717, 1.165) is 18.7 Å². The van der Waals surface area contributed by atoms with Gasteiger partial charge in [-0.1, -0.05) is 15.9 Å². The van der Waals surface area contributed by atoms with Gasteiger partial charge < -0.3 is 10.6 Å². The van der Waals surface area contributed by atoms with Crippen molar-refractivity contribution in [2.75, 3.05) is 18.4 Å². The Morgan fingerprint density at radius 3 is 2.68 bits per heavy atom. The van der Waals surface area contributed by atoms with E-state index >= 15 is 0 Å². The van der Waals surface area contributed by atoms with Crippen LogP contribution < -0.4 is 10.6 Å². The summed E-state index contributed by atoms with van der Waals surface area (Å²) in [4.78, 5) is 11.8. The number of carbonyl (C=O) groups excluding carboxylic acids is 1. The monoisotopic (exact) mass is 336 g/mol. The highest BCUT2D eigenvalue weighted by molar-refractivity contribution is 9.10. The molecule has 0 spiro atoms. The first kappa shape index (κ1) is 14.3. The molecular weight excluding hydrogens is 325 g/mol. The maximum absolute atomic E-state index is 12.6. The number of hydrogen-bond donors (Lipinski definition) is 2. The number of hydrogen-bond acceptors (Lipinski definition) is 2. The average Bonchev–Trinajstić information content (AvgIpc) is 2.80. The van der Waals surface area contributed by atoms with Crippen LogP contribution in [-0.2, 0) is 11.0 Å². The highest BCUT2D eigenvalue weighted by atomic mass is 79.9. The standard InChI is InChI=1S/C12H12BrF3N2O/c13-9-3-8(12(14,15)16)4-10(5-9)18-11(19)7-1-2-17-6-7/h3-5,7,17H,1-2,6H2,(H,18,19). The zero-order valence-electron chi connectivity index (χ0n) is 9.85. The van der Waals surface area contributed by atoms with Gasteiger partial charge in [-0.2, -0.15) is 13.2 Å². The fraction of sp³-hybridized carbons (Fsp3) is 0.417. The predicted octanol–water partition coefficient (Wildman–Crippen LogP) is 3.02. The third-order valence-electron chi connectivity index (χ3n) is 2.92. The molecule has 1 aliphatic rings. The van der Waals surface area contributed by atoms with Gasteiger partial charge in [-0.05, 0) is 31.2 Å². The second-order valence-electron chi connectivity index (χ2n) is 4.41. The number of amides is 1. The van der Waals surface area contributed by atoms with Crippen LogP contribution in [0.5, 0.6) is 0 Å². The van der Waals surface area contributed by atoms with Crippen molar-refractivity contribution in [2.45, 2.75) is 12.6 Å². The Kier molecular flexibility index (Phi) is 4.15. The van der Waals surface area contributed by atoms with Crippen LogP contribution in [0.2, 0.25) is 0 Å². The van der Waals surface area contributed by atoms with Gasteiger partial charge in [0.05, 0.1) is 11.5 Å². The van der Waals surface area contributed by atoms with Crippen LogP contribution in [0.25, 0.3) is 0 Å². The molecule has 0 bridgehead atoms. The van der Waals surface area contributed by atoms with E-state index in [2.05, 4.69) is 26.6 Å². The molecule has 1 aliphatic heterocycles. The summed E-state index contributed by atoms with van der Waals surface area (Å²) in [6.07, 6.45) is -3.73. The first-order valence-electron chi connectivity index (χ1n) is 5.75. The summed E-state index contributed by atoms with van der Waals surface area (Å²) in [6, 6.07) is 3.37. The molecule has 1 heterocycles.